The van der Waals surface area contributed by atoms with Crippen LogP contribution in [0.2, 0.25) is 0 Å². The van der Waals surface area contributed by atoms with Gasteiger partial charge in [-0.25, -0.2) is 17.5 Å². The maximum Gasteiger partial charge on any atom is 0.277 e. The Labute approximate surface area is 109 Å². The maximum absolute atomic E-state index is 13.4. The van der Waals surface area contributed by atoms with E-state index in [-0.39, 0.29) is 16.4 Å². The minimum Gasteiger partial charge on any atom is -0.337 e. The number of halogens is 1. The topological polar surface area (TPSA) is 85.1 Å². The van der Waals surface area contributed by atoms with Crippen molar-refractivity contribution in [1.82, 2.24) is 10.1 Å². The Morgan fingerprint density at radius 1 is 1.42 bits per heavy atom. The third-order valence-electron chi connectivity index (χ3n) is 2.50. The molecular weight excluding hydrogens is 273 g/mol. The SMILES string of the molecule is CCc1nc(NS(=O)(=O)c2cccc(F)c2C)no1. The molecule has 1 aromatic heterocycles. The van der Waals surface area contributed by atoms with E-state index in [2.05, 4.69) is 14.9 Å². The highest BCUT2D eigenvalue weighted by Crippen LogP contribution is 2.19. The highest BCUT2D eigenvalue weighted by atomic mass is 32.2. The second-order valence-corrected chi connectivity index (χ2v) is 5.48. The van der Waals surface area contributed by atoms with Crippen molar-refractivity contribution in [3.8, 4) is 0 Å². The molecule has 6 nitrogen and oxygen atoms in total. The van der Waals surface area contributed by atoms with Crippen LogP contribution in [0, 0.1) is 12.7 Å². The molecule has 102 valence electrons. The van der Waals surface area contributed by atoms with E-state index in [4.69, 9.17) is 4.52 Å². The van der Waals surface area contributed by atoms with Gasteiger partial charge in [0.25, 0.3) is 16.0 Å². The first-order valence-electron chi connectivity index (χ1n) is 5.54. The molecule has 0 aliphatic carbocycles. The first kappa shape index (κ1) is 13.5. The molecule has 1 aromatic carbocycles. The van der Waals surface area contributed by atoms with Gasteiger partial charge in [0, 0.05) is 12.0 Å². The Hall–Kier alpha value is -1.96. The second kappa shape index (κ2) is 4.96. The van der Waals surface area contributed by atoms with Crippen LogP contribution < -0.4 is 4.72 Å². The Morgan fingerprint density at radius 2 is 2.16 bits per heavy atom. The predicted molar refractivity (Wildman–Crippen MR) is 65.6 cm³/mol. The minimum atomic E-state index is -3.94. The van der Waals surface area contributed by atoms with Crippen LogP contribution in [0.25, 0.3) is 0 Å². The average Bonchev–Trinajstić information content (AvgIpc) is 2.79. The number of nitrogens with zero attached hydrogens (tertiary/aromatic N) is 2. The number of sulfonamides is 1. The summed E-state index contributed by atoms with van der Waals surface area (Å²) in [4.78, 5) is 3.67. The summed E-state index contributed by atoms with van der Waals surface area (Å²) >= 11 is 0. The van der Waals surface area contributed by atoms with Crippen molar-refractivity contribution in [3.63, 3.8) is 0 Å². The molecule has 1 heterocycles. The molecule has 0 radical (unpaired) electrons. The highest BCUT2D eigenvalue weighted by molar-refractivity contribution is 7.92. The van der Waals surface area contributed by atoms with E-state index in [1.807, 2.05) is 0 Å². The fourth-order valence-corrected chi connectivity index (χ4v) is 2.69. The van der Waals surface area contributed by atoms with Crippen molar-refractivity contribution in [2.45, 2.75) is 25.2 Å². The summed E-state index contributed by atoms with van der Waals surface area (Å²) in [6, 6.07) is 3.82. The van der Waals surface area contributed by atoms with Gasteiger partial charge in [0.05, 0.1) is 4.90 Å². The van der Waals surface area contributed by atoms with Gasteiger partial charge in [-0.15, -0.1) is 0 Å². The monoisotopic (exact) mass is 285 g/mol. The third kappa shape index (κ3) is 2.73. The molecule has 0 amide bonds. The van der Waals surface area contributed by atoms with Crippen molar-refractivity contribution in [2.24, 2.45) is 0 Å². The van der Waals surface area contributed by atoms with Crippen LogP contribution in [0.3, 0.4) is 0 Å². The van der Waals surface area contributed by atoms with Crippen molar-refractivity contribution >= 4 is 16.0 Å². The Balaban J connectivity index is 2.35. The van der Waals surface area contributed by atoms with E-state index in [1.54, 1.807) is 6.92 Å². The van der Waals surface area contributed by atoms with E-state index < -0.39 is 15.8 Å². The lowest BCUT2D eigenvalue weighted by Gasteiger charge is -2.07. The molecule has 0 atom stereocenters. The summed E-state index contributed by atoms with van der Waals surface area (Å²) < 4.78 is 44.4. The van der Waals surface area contributed by atoms with E-state index in [0.29, 0.717) is 12.3 Å². The fourth-order valence-electron chi connectivity index (χ4n) is 1.49. The molecule has 8 heteroatoms. The van der Waals surface area contributed by atoms with Crippen LogP contribution in [-0.2, 0) is 16.4 Å². The van der Waals surface area contributed by atoms with Gasteiger partial charge < -0.3 is 4.52 Å². The van der Waals surface area contributed by atoms with Gasteiger partial charge in [-0.3, -0.25) is 0 Å². The lowest BCUT2D eigenvalue weighted by atomic mass is 10.2. The molecule has 0 spiro atoms. The van der Waals surface area contributed by atoms with E-state index in [1.165, 1.54) is 25.1 Å². The molecule has 0 fully saturated rings. The quantitative estimate of drug-likeness (QED) is 0.927. The van der Waals surface area contributed by atoms with E-state index >= 15 is 0 Å². The number of benzene rings is 1. The van der Waals surface area contributed by atoms with Crippen molar-refractivity contribution in [3.05, 3.63) is 35.5 Å². The van der Waals surface area contributed by atoms with Crippen LogP contribution >= 0.6 is 0 Å². The summed E-state index contributed by atoms with van der Waals surface area (Å²) in [5.74, 6) is -0.445. The summed E-state index contributed by atoms with van der Waals surface area (Å²) in [7, 11) is -3.94. The predicted octanol–water partition coefficient (Wildman–Crippen LogP) is 1.88. The van der Waals surface area contributed by atoms with Gasteiger partial charge >= 0.3 is 0 Å². The second-order valence-electron chi connectivity index (χ2n) is 3.83. The van der Waals surface area contributed by atoms with Gasteiger partial charge in [-0.05, 0) is 24.2 Å². The fraction of sp³-hybridized carbons (Fsp3) is 0.273. The van der Waals surface area contributed by atoms with Gasteiger partial charge in [0.15, 0.2) is 0 Å². The zero-order valence-corrected chi connectivity index (χ0v) is 11.2. The van der Waals surface area contributed by atoms with Gasteiger partial charge in [0.1, 0.15) is 5.82 Å². The lowest BCUT2D eigenvalue weighted by Crippen LogP contribution is -2.15. The van der Waals surface area contributed by atoms with Crippen LogP contribution in [0.4, 0.5) is 10.3 Å². The zero-order valence-electron chi connectivity index (χ0n) is 10.3. The largest absolute Gasteiger partial charge is 0.337 e. The third-order valence-corrected chi connectivity index (χ3v) is 3.98. The molecule has 0 bridgehead atoms. The number of rotatable bonds is 4. The van der Waals surface area contributed by atoms with Gasteiger partial charge in [-0.2, -0.15) is 4.98 Å². The normalized spacial score (nSPS) is 11.5. The molecule has 0 unspecified atom stereocenters. The zero-order chi connectivity index (χ0) is 14.0. The number of aromatic nitrogens is 2. The standard InChI is InChI=1S/C11H12FN3O3S/c1-3-10-13-11(14-18-10)15-19(16,17)9-6-4-5-8(12)7(9)2/h4-6H,3H2,1-2H3,(H,14,15). The first-order chi connectivity index (χ1) is 8.94. The number of anilines is 1. The van der Waals surface area contributed by atoms with Crippen molar-refractivity contribution < 1.29 is 17.3 Å². The summed E-state index contributed by atoms with van der Waals surface area (Å²) in [6.07, 6.45) is 0.494. The lowest BCUT2D eigenvalue weighted by molar-refractivity contribution is 0.383. The molecular formula is C11H12FN3O3S. The average molecular weight is 285 g/mol. The summed E-state index contributed by atoms with van der Waals surface area (Å²) in [5.41, 5.74) is 0.0363. The first-order valence-corrected chi connectivity index (χ1v) is 7.03. The summed E-state index contributed by atoms with van der Waals surface area (Å²) in [5, 5.41) is 3.48. The Bertz CT molecular complexity index is 697. The molecule has 0 aliphatic heterocycles. The molecule has 0 aliphatic rings. The van der Waals surface area contributed by atoms with Gasteiger partial charge in [0.2, 0.25) is 5.89 Å². The number of aryl methyl sites for hydroxylation is 1. The van der Waals surface area contributed by atoms with Crippen LogP contribution in [0.1, 0.15) is 18.4 Å². The minimum absolute atomic E-state index is 0.0363. The summed E-state index contributed by atoms with van der Waals surface area (Å²) in [6.45, 7) is 3.18. The molecule has 2 rings (SSSR count). The Kier molecular flexibility index (Phi) is 3.52. The Morgan fingerprint density at radius 3 is 2.79 bits per heavy atom. The van der Waals surface area contributed by atoms with Crippen molar-refractivity contribution in [2.75, 3.05) is 4.72 Å². The molecule has 0 saturated carbocycles. The molecule has 0 saturated heterocycles. The van der Waals surface area contributed by atoms with E-state index in [9.17, 15) is 12.8 Å². The number of nitrogens with one attached hydrogen (secondary N) is 1. The van der Waals surface area contributed by atoms with Crippen molar-refractivity contribution in [1.29, 1.82) is 0 Å². The van der Waals surface area contributed by atoms with E-state index in [0.717, 1.165) is 0 Å². The molecule has 2 aromatic rings. The highest BCUT2D eigenvalue weighted by Gasteiger charge is 2.21. The van der Waals surface area contributed by atoms with Crippen LogP contribution in [0.5, 0.6) is 0 Å². The maximum atomic E-state index is 13.4. The van der Waals surface area contributed by atoms with Crippen LogP contribution in [-0.4, -0.2) is 18.6 Å². The van der Waals surface area contributed by atoms with Crippen LogP contribution in [0.15, 0.2) is 27.6 Å². The number of hydrogen-bond acceptors (Lipinski definition) is 5. The molecule has 19 heavy (non-hydrogen) atoms. The smallest absolute Gasteiger partial charge is 0.277 e. The van der Waals surface area contributed by atoms with Gasteiger partial charge in [-0.1, -0.05) is 13.0 Å². The molecule has 1 N–H and O–H groups in total. The number of hydrogen-bond donors (Lipinski definition) is 1.